The highest BCUT2D eigenvalue weighted by atomic mass is 35.5. The van der Waals surface area contributed by atoms with Gasteiger partial charge < -0.3 is 14.5 Å². The van der Waals surface area contributed by atoms with Gasteiger partial charge in [0, 0.05) is 38.9 Å². The number of likely N-dealkylation sites (tertiary alicyclic amines) is 1. The van der Waals surface area contributed by atoms with Crippen LogP contribution in [-0.4, -0.2) is 69.0 Å². The van der Waals surface area contributed by atoms with E-state index in [0.29, 0.717) is 31.5 Å². The fraction of sp³-hybridized carbons (Fsp3) is 0.500. The highest BCUT2D eigenvalue weighted by Crippen LogP contribution is 2.39. The first kappa shape index (κ1) is 31.2. The lowest BCUT2D eigenvalue weighted by molar-refractivity contribution is -0.133. The number of sulfone groups is 1. The molecule has 1 aliphatic carbocycles. The summed E-state index contributed by atoms with van der Waals surface area (Å²) in [5, 5.41) is 9.34. The zero-order valence-electron chi connectivity index (χ0n) is 21.3. The van der Waals surface area contributed by atoms with Crippen LogP contribution in [0.4, 0.5) is 5.69 Å². The summed E-state index contributed by atoms with van der Waals surface area (Å²) in [5.41, 5.74) is 4.01. The lowest BCUT2D eigenvalue weighted by Gasteiger charge is -2.39. The Labute approximate surface area is 232 Å². The quantitative estimate of drug-likeness (QED) is 0.253. The van der Waals surface area contributed by atoms with Crippen molar-refractivity contribution in [1.82, 2.24) is 10.4 Å². The van der Waals surface area contributed by atoms with Crippen LogP contribution in [0.3, 0.4) is 0 Å². The molecule has 0 bridgehead atoms. The van der Waals surface area contributed by atoms with Crippen LogP contribution in [0.5, 0.6) is 5.75 Å². The third-order valence-electron chi connectivity index (χ3n) is 7.14. The van der Waals surface area contributed by atoms with Gasteiger partial charge in [-0.05, 0) is 80.5 Å². The third kappa shape index (κ3) is 6.89. The van der Waals surface area contributed by atoms with Gasteiger partial charge in [-0.2, -0.15) is 0 Å². The summed E-state index contributed by atoms with van der Waals surface area (Å²) in [5.74, 6) is -0.276. The Balaban J connectivity index is 0.00000241. The van der Waals surface area contributed by atoms with E-state index < -0.39 is 20.5 Å². The number of halogens is 2. The van der Waals surface area contributed by atoms with E-state index in [1.807, 2.05) is 20.2 Å². The molecule has 2 aromatic carbocycles. The predicted molar refractivity (Wildman–Crippen MR) is 149 cm³/mol. The van der Waals surface area contributed by atoms with Gasteiger partial charge in [0.05, 0.1) is 11.5 Å². The standard InChI is InChI=1S/C26H35N3O5S.2ClH/c1-28(2)22-7-3-5-20(19-22)6-4-18-34-23-10-12-24(13-11-23)35(32,33)26(25(30)27-31)14-16-29(17-15-26)21-8-9-21;;/h3,5,7,10-13,19,21,31H,4,6,8-9,14-18H2,1-2H3,(H,27,30);2*1H. The topological polar surface area (TPSA) is 99.2 Å². The molecule has 2 fully saturated rings. The average Bonchev–Trinajstić information content (AvgIpc) is 3.72. The maximum atomic E-state index is 13.6. The number of hydrogen-bond acceptors (Lipinski definition) is 7. The number of carbonyl (C=O) groups excluding carboxylic acids is 1. The minimum Gasteiger partial charge on any atom is -0.494 e. The van der Waals surface area contributed by atoms with Crippen LogP contribution >= 0.6 is 24.8 Å². The smallest absolute Gasteiger partial charge is 0.265 e. The summed E-state index contributed by atoms with van der Waals surface area (Å²) in [6.07, 6.45) is 4.27. The number of nitrogens with zero attached hydrogens (tertiary/aromatic N) is 2. The third-order valence-corrected chi connectivity index (χ3v) is 9.65. The number of amides is 1. The Morgan fingerprint density at radius 1 is 1.11 bits per heavy atom. The fourth-order valence-electron chi connectivity index (χ4n) is 4.81. The van der Waals surface area contributed by atoms with E-state index in [4.69, 9.17) is 4.74 Å². The van der Waals surface area contributed by atoms with Crippen molar-refractivity contribution >= 4 is 46.2 Å². The zero-order valence-corrected chi connectivity index (χ0v) is 23.7. The van der Waals surface area contributed by atoms with E-state index in [2.05, 4.69) is 28.0 Å². The summed E-state index contributed by atoms with van der Waals surface area (Å²) in [6.45, 7) is 1.55. The number of piperidine rings is 1. The van der Waals surface area contributed by atoms with Crippen molar-refractivity contribution in [3.05, 3.63) is 54.1 Å². The van der Waals surface area contributed by atoms with Crippen LogP contribution in [0, 0.1) is 0 Å². The molecule has 1 saturated heterocycles. The molecule has 1 amide bonds. The van der Waals surface area contributed by atoms with E-state index >= 15 is 0 Å². The van der Waals surface area contributed by atoms with Gasteiger partial charge in [0.2, 0.25) is 0 Å². The molecule has 0 spiro atoms. The molecule has 1 aliphatic heterocycles. The maximum absolute atomic E-state index is 13.6. The largest absolute Gasteiger partial charge is 0.494 e. The van der Waals surface area contributed by atoms with Crippen LogP contribution in [0.15, 0.2) is 53.4 Å². The molecular weight excluding hydrogens is 537 g/mol. The summed E-state index contributed by atoms with van der Waals surface area (Å²) >= 11 is 0. The number of hydrogen-bond donors (Lipinski definition) is 2. The summed E-state index contributed by atoms with van der Waals surface area (Å²) < 4.78 is 31.3. The highest BCUT2D eigenvalue weighted by molar-refractivity contribution is 7.93. The van der Waals surface area contributed by atoms with Gasteiger partial charge in [0.25, 0.3) is 5.91 Å². The summed E-state index contributed by atoms with van der Waals surface area (Å²) in [6, 6.07) is 15.1. The number of nitrogens with one attached hydrogen (secondary N) is 1. The van der Waals surface area contributed by atoms with Crippen molar-refractivity contribution in [3.8, 4) is 5.75 Å². The molecule has 8 nitrogen and oxygen atoms in total. The Kier molecular flexibility index (Phi) is 11.1. The predicted octanol–water partition coefficient (Wildman–Crippen LogP) is 3.88. The van der Waals surface area contributed by atoms with E-state index in [1.54, 1.807) is 17.6 Å². The molecule has 37 heavy (non-hydrogen) atoms. The molecular formula is C26H37Cl2N3O5S. The molecule has 206 valence electrons. The van der Waals surface area contributed by atoms with Crippen molar-refractivity contribution in [3.63, 3.8) is 0 Å². The number of aryl methyl sites for hydroxylation is 1. The van der Waals surface area contributed by atoms with E-state index in [0.717, 1.165) is 31.4 Å². The first-order valence-corrected chi connectivity index (χ1v) is 13.7. The SMILES string of the molecule is CN(C)c1cccc(CCCOc2ccc(S(=O)(=O)C3(C(=O)NO)CCN(C4CC4)CC3)cc2)c1.Cl.Cl. The second kappa shape index (κ2) is 13.2. The fourth-order valence-corrected chi connectivity index (χ4v) is 6.76. The van der Waals surface area contributed by atoms with Gasteiger partial charge in [-0.1, -0.05) is 12.1 Å². The van der Waals surface area contributed by atoms with Gasteiger partial charge in [0.15, 0.2) is 14.6 Å². The van der Waals surface area contributed by atoms with Gasteiger partial charge in [0.1, 0.15) is 5.75 Å². The van der Waals surface area contributed by atoms with Crippen molar-refractivity contribution in [2.24, 2.45) is 0 Å². The Bertz CT molecular complexity index is 1130. The van der Waals surface area contributed by atoms with Gasteiger partial charge >= 0.3 is 0 Å². The minimum absolute atomic E-state index is 0. The highest BCUT2D eigenvalue weighted by Gasteiger charge is 2.53. The lowest BCUT2D eigenvalue weighted by atomic mass is 9.94. The first-order valence-electron chi connectivity index (χ1n) is 12.2. The number of anilines is 1. The van der Waals surface area contributed by atoms with Crippen LogP contribution in [0.1, 0.15) is 37.7 Å². The first-order chi connectivity index (χ1) is 16.8. The van der Waals surface area contributed by atoms with Gasteiger partial charge in [-0.15, -0.1) is 24.8 Å². The summed E-state index contributed by atoms with van der Waals surface area (Å²) in [4.78, 5) is 17.0. The van der Waals surface area contributed by atoms with Gasteiger partial charge in [-0.25, -0.2) is 13.9 Å². The molecule has 0 unspecified atom stereocenters. The van der Waals surface area contributed by atoms with E-state index in [1.165, 1.54) is 17.7 Å². The molecule has 0 radical (unpaired) electrons. The second-order valence-electron chi connectivity index (χ2n) is 9.69. The summed E-state index contributed by atoms with van der Waals surface area (Å²) in [7, 11) is 0.0192. The molecule has 0 atom stereocenters. The number of benzene rings is 2. The number of carbonyl (C=O) groups is 1. The Morgan fingerprint density at radius 2 is 1.76 bits per heavy atom. The van der Waals surface area contributed by atoms with Crippen molar-refractivity contribution in [1.29, 1.82) is 0 Å². The van der Waals surface area contributed by atoms with Crippen molar-refractivity contribution in [2.45, 2.75) is 54.2 Å². The normalized spacial score (nSPS) is 17.2. The molecule has 2 aliphatic rings. The molecule has 0 aromatic heterocycles. The molecule has 2 N–H and O–H groups in total. The molecule has 4 rings (SSSR count). The molecule has 1 saturated carbocycles. The monoisotopic (exact) mass is 573 g/mol. The number of hydroxylamine groups is 1. The van der Waals surface area contributed by atoms with Crippen LogP contribution in [0.2, 0.25) is 0 Å². The number of rotatable bonds is 10. The average molecular weight is 575 g/mol. The van der Waals surface area contributed by atoms with Crippen LogP contribution in [0.25, 0.3) is 0 Å². The van der Waals surface area contributed by atoms with Gasteiger partial charge in [-0.3, -0.25) is 10.0 Å². The molecule has 11 heteroatoms. The lowest BCUT2D eigenvalue weighted by Crippen LogP contribution is -2.58. The zero-order chi connectivity index (χ0) is 25.1. The van der Waals surface area contributed by atoms with Crippen LogP contribution < -0.4 is 15.1 Å². The molecule has 2 aromatic rings. The van der Waals surface area contributed by atoms with Crippen molar-refractivity contribution < 1.29 is 23.2 Å². The Morgan fingerprint density at radius 3 is 2.32 bits per heavy atom. The molecule has 1 heterocycles. The van der Waals surface area contributed by atoms with Crippen LogP contribution in [-0.2, 0) is 21.1 Å². The second-order valence-corrected chi connectivity index (χ2v) is 12.0. The maximum Gasteiger partial charge on any atom is 0.265 e. The minimum atomic E-state index is -4.01. The van der Waals surface area contributed by atoms with Crippen molar-refractivity contribution in [2.75, 3.05) is 38.7 Å². The number of ether oxygens (including phenoxy) is 1. The van der Waals surface area contributed by atoms with E-state index in [-0.39, 0.29) is 42.6 Å². The Hall–Kier alpha value is -2.04. The van der Waals surface area contributed by atoms with E-state index in [9.17, 15) is 18.4 Å².